The fourth-order valence-electron chi connectivity index (χ4n) is 3.14. The minimum atomic E-state index is -3.23. The first-order valence-electron chi connectivity index (χ1n) is 9.09. The van der Waals surface area contributed by atoms with Crippen LogP contribution in [0.15, 0.2) is 4.99 Å². The minimum absolute atomic E-state index is 0.0797. The zero-order valence-corrected chi connectivity index (χ0v) is 15.8. The molecule has 2 rings (SSSR count). The lowest BCUT2D eigenvalue weighted by atomic mass is 9.67. The second-order valence-electron chi connectivity index (χ2n) is 6.66. The van der Waals surface area contributed by atoms with Crippen LogP contribution in [-0.4, -0.2) is 70.4 Å². The van der Waals surface area contributed by atoms with Crippen LogP contribution in [0.2, 0.25) is 0 Å². The number of ether oxygens (including phenoxy) is 1. The summed E-state index contributed by atoms with van der Waals surface area (Å²) < 4.78 is 31.4. The minimum Gasteiger partial charge on any atom is -0.379 e. The van der Waals surface area contributed by atoms with E-state index >= 15 is 0 Å². The molecule has 0 unspecified atom stereocenters. The highest BCUT2D eigenvalue weighted by molar-refractivity contribution is 7.89. The summed E-state index contributed by atoms with van der Waals surface area (Å²) in [5, 5.41) is 6.37. The van der Waals surface area contributed by atoms with Crippen LogP contribution in [0.25, 0.3) is 0 Å². The third kappa shape index (κ3) is 5.32. The molecule has 2 aliphatic rings. The number of hydrogen-bond donors (Lipinski definition) is 2. The molecule has 140 valence electrons. The summed E-state index contributed by atoms with van der Waals surface area (Å²) >= 11 is 0. The first kappa shape index (κ1) is 19.5. The summed E-state index contributed by atoms with van der Waals surface area (Å²) in [7, 11) is -3.23. The summed E-state index contributed by atoms with van der Waals surface area (Å²) in [6.45, 7) is 8.06. The topological polar surface area (TPSA) is 83.0 Å². The molecule has 1 heterocycles. The van der Waals surface area contributed by atoms with Gasteiger partial charge in [0, 0.05) is 32.7 Å². The molecule has 24 heavy (non-hydrogen) atoms. The van der Waals surface area contributed by atoms with Gasteiger partial charge in [0.15, 0.2) is 5.96 Å². The van der Waals surface area contributed by atoms with Gasteiger partial charge in [0.05, 0.1) is 19.0 Å². The van der Waals surface area contributed by atoms with E-state index in [4.69, 9.17) is 4.74 Å². The van der Waals surface area contributed by atoms with Crippen LogP contribution in [0.1, 0.15) is 39.5 Å². The van der Waals surface area contributed by atoms with Crippen LogP contribution < -0.4 is 10.6 Å². The van der Waals surface area contributed by atoms with Crippen LogP contribution in [0, 0.1) is 5.41 Å². The largest absolute Gasteiger partial charge is 0.379 e. The summed E-state index contributed by atoms with van der Waals surface area (Å²) in [6, 6.07) is 0. The third-order valence-electron chi connectivity index (χ3n) is 5.10. The lowest BCUT2D eigenvalue weighted by Crippen LogP contribution is -2.45. The van der Waals surface area contributed by atoms with Gasteiger partial charge in [0.25, 0.3) is 0 Å². The Hall–Kier alpha value is -0.860. The Kier molecular flexibility index (Phi) is 7.31. The number of aliphatic imine (C=N–C) groups is 1. The van der Waals surface area contributed by atoms with Crippen molar-refractivity contribution in [2.45, 2.75) is 39.5 Å². The van der Waals surface area contributed by atoms with Gasteiger partial charge in [-0.05, 0) is 31.6 Å². The SMILES string of the molecule is CCNC(=NCC1(CC)CCC1)NCCS(=O)(=O)N1CCOCC1. The van der Waals surface area contributed by atoms with E-state index in [-0.39, 0.29) is 5.75 Å². The number of rotatable bonds is 8. The maximum atomic E-state index is 12.3. The Bertz CT molecular complexity index is 506. The Labute approximate surface area is 146 Å². The van der Waals surface area contributed by atoms with Crippen LogP contribution >= 0.6 is 0 Å². The molecule has 0 atom stereocenters. The molecule has 0 radical (unpaired) electrons. The number of morpholine rings is 1. The van der Waals surface area contributed by atoms with E-state index in [1.54, 1.807) is 0 Å². The van der Waals surface area contributed by atoms with Crippen LogP contribution in [-0.2, 0) is 14.8 Å². The van der Waals surface area contributed by atoms with Crippen LogP contribution in [0.4, 0.5) is 0 Å². The number of nitrogens with one attached hydrogen (secondary N) is 2. The summed E-state index contributed by atoms with van der Waals surface area (Å²) in [6.07, 6.45) is 4.95. The highest BCUT2D eigenvalue weighted by Crippen LogP contribution is 2.43. The van der Waals surface area contributed by atoms with Crippen molar-refractivity contribution in [3.8, 4) is 0 Å². The summed E-state index contributed by atoms with van der Waals surface area (Å²) in [4.78, 5) is 4.68. The van der Waals surface area contributed by atoms with E-state index in [2.05, 4.69) is 22.5 Å². The van der Waals surface area contributed by atoms with E-state index in [1.807, 2.05) is 6.92 Å². The van der Waals surface area contributed by atoms with Gasteiger partial charge in [-0.1, -0.05) is 13.3 Å². The average Bonchev–Trinajstić information content (AvgIpc) is 2.55. The highest BCUT2D eigenvalue weighted by atomic mass is 32.2. The van der Waals surface area contributed by atoms with Gasteiger partial charge in [-0.25, -0.2) is 8.42 Å². The van der Waals surface area contributed by atoms with Gasteiger partial charge in [-0.15, -0.1) is 0 Å². The lowest BCUT2D eigenvalue weighted by Gasteiger charge is -2.40. The zero-order valence-electron chi connectivity index (χ0n) is 15.0. The van der Waals surface area contributed by atoms with E-state index < -0.39 is 10.0 Å². The number of guanidine groups is 1. The Morgan fingerprint density at radius 2 is 1.92 bits per heavy atom. The number of sulfonamides is 1. The van der Waals surface area contributed by atoms with Gasteiger partial charge >= 0.3 is 0 Å². The highest BCUT2D eigenvalue weighted by Gasteiger charge is 2.34. The molecule has 1 saturated carbocycles. The second-order valence-corrected chi connectivity index (χ2v) is 8.74. The normalized spacial score (nSPS) is 22.0. The molecular weight excluding hydrogens is 328 g/mol. The molecule has 0 aromatic heterocycles. The third-order valence-corrected chi connectivity index (χ3v) is 6.97. The molecule has 0 aromatic carbocycles. The van der Waals surface area contributed by atoms with Crippen molar-refractivity contribution in [3.05, 3.63) is 0 Å². The van der Waals surface area contributed by atoms with Gasteiger partial charge in [0.2, 0.25) is 10.0 Å². The molecule has 1 saturated heterocycles. The molecule has 0 aromatic rings. The van der Waals surface area contributed by atoms with Crippen LogP contribution in [0.5, 0.6) is 0 Å². The van der Waals surface area contributed by atoms with Gasteiger partial charge in [0.1, 0.15) is 0 Å². The smallest absolute Gasteiger partial charge is 0.215 e. The molecule has 0 amide bonds. The molecular formula is C16H32N4O3S. The fourth-order valence-corrected chi connectivity index (χ4v) is 4.46. The Morgan fingerprint density at radius 1 is 1.21 bits per heavy atom. The van der Waals surface area contributed by atoms with Gasteiger partial charge in [-0.2, -0.15) is 4.31 Å². The zero-order chi connectivity index (χ0) is 17.5. The summed E-state index contributed by atoms with van der Waals surface area (Å²) in [5.74, 6) is 0.797. The molecule has 7 nitrogen and oxygen atoms in total. The molecule has 2 fully saturated rings. The Balaban J connectivity index is 1.82. The van der Waals surface area contributed by atoms with Gasteiger partial charge in [-0.3, -0.25) is 4.99 Å². The average molecular weight is 361 g/mol. The van der Waals surface area contributed by atoms with Crippen molar-refractivity contribution < 1.29 is 13.2 Å². The maximum Gasteiger partial charge on any atom is 0.215 e. The van der Waals surface area contributed by atoms with Crippen molar-refractivity contribution in [2.75, 3.05) is 51.7 Å². The molecule has 0 bridgehead atoms. The van der Waals surface area contributed by atoms with Gasteiger partial charge < -0.3 is 15.4 Å². The van der Waals surface area contributed by atoms with Crippen molar-refractivity contribution in [3.63, 3.8) is 0 Å². The van der Waals surface area contributed by atoms with E-state index in [1.165, 1.54) is 23.6 Å². The van der Waals surface area contributed by atoms with E-state index in [9.17, 15) is 8.42 Å². The first-order chi connectivity index (χ1) is 11.5. The van der Waals surface area contributed by atoms with Crippen molar-refractivity contribution in [1.82, 2.24) is 14.9 Å². The quantitative estimate of drug-likeness (QED) is 0.494. The second kappa shape index (κ2) is 9.01. The molecule has 8 heteroatoms. The van der Waals surface area contributed by atoms with Crippen molar-refractivity contribution in [2.24, 2.45) is 10.4 Å². The maximum absolute atomic E-state index is 12.3. The predicted molar refractivity (Wildman–Crippen MR) is 96.7 cm³/mol. The summed E-state index contributed by atoms with van der Waals surface area (Å²) in [5.41, 5.74) is 0.363. The fraction of sp³-hybridized carbons (Fsp3) is 0.938. The lowest BCUT2D eigenvalue weighted by molar-refractivity contribution is 0.0730. The monoisotopic (exact) mass is 360 g/mol. The van der Waals surface area contributed by atoms with Crippen molar-refractivity contribution in [1.29, 1.82) is 0 Å². The molecule has 1 aliphatic heterocycles. The molecule has 1 aliphatic carbocycles. The van der Waals surface area contributed by atoms with Crippen molar-refractivity contribution >= 4 is 16.0 Å². The Morgan fingerprint density at radius 3 is 2.46 bits per heavy atom. The number of nitrogens with zero attached hydrogens (tertiary/aromatic N) is 2. The standard InChI is InChI=1S/C16H32N4O3S/c1-3-16(6-5-7-16)14-19-15(17-4-2)18-8-13-24(21,22)20-9-11-23-12-10-20/h3-14H2,1-2H3,(H2,17,18,19). The van der Waals surface area contributed by atoms with E-state index in [0.717, 1.165) is 25.5 Å². The first-order valence-corrected chi connectivity index (χ1v) is 10.7. The van der Waals surface area contributed by atoms with Crippen LogP contribution in [0.3, 0.4) is 0 Å². The molecule has 0 spiro atoms. The molecule has 2 N–H and O–H groups in total. The van der Waals surface area contributed by atoms with E-state index in [0.29, 0.717) is 38.3 Å². The number of hydrogen-bond acceptors (Lipinski definition) is 4. The predicted octanol–water partition coefficient (Wildman–Crippen LogP) is 0.784.